The SMILES string of the molecule is CCN(CC)S(=O)(=O)c1ccc(C)c(C(=O)NC2(CN)CCCC2)c1. The van der Waals surface area contributed by atoms with E-state index in [0.717, 1.165) is 31.2 Å². The van der Waals surface area contributed by atoms with Gasteiger partial charge in [-0.2, -0.15) is 4.31 Å². The fraction of sp³-hybridized carbons (Fsp3) is 0.611. The van der Waals surface area contributed by atoms with E-state index in [1.165, 1.54) is 10.4 Å². The Hall–Kier alpha value is -1.44. The Morgan fingerprint density at radius 3 is 2.36 bits per heavy atom. The van der Waals surface area contributed by atoms with Crippen LogP contribution in [-0.4, -0.2) is 43.8 Å². The predicted octanol–water partition coefficient (Wildman–Crippen LogP) is 2.03. The summed E-state index contributed by atoms with van der Waals surface area (Å²) < 4.78 is 26.8. The van der Waals surface area contributed by atoms with Gasteiger partial charge in [0.25, 0.3) is 5.91 Å². The average molecular weight is 368 g/mol. The molecule has 1 aromatic rings. The molecule has 0 aliphatic heterocycles. The van der Waals surface area contributed by atoms with Gasteiger partial charge in [-0.25, -0.2) is 8.42 Å². The Balaban J connectivity index is 2.34. The molecule has 0 saturated heterocycles. The van der Waals surface area contributed by atoms with Gasteiger partial charge in [0.1, 0.15) is 0 Å². The molecule has 6 nitrogen and oxygen atoms in total. The summed E-state index contributed by atoms with van der Waals surface area (Å²) in [6, 6.07) is 4.74. The molecule has 1 aromatic carbocycles. The van der Waals surface area contributed by atoms with Crippen LogP contribution in [0.4, 0.5) is 0 Å². The summed E-state index contributed by atoms with van der Waals surface area (Å²) >= 11 is 0. The Labute approximate surface area is 150 Å². The van der Waals surface area contributed by atoms with Crippen molar-refractivity contribution in [1.29, 1.82) is 0 Å². The van der Waals surface area contributed by atoms with E-state index in [-0.39, 0.29) is 16.3 Å². The van der Waals surface area contributed by atoms with Crippen molar-refractivity contribution in [3.63, 3.8) is 0 Å². The number of sulfonamides is 1. The number of nitrogens with zero attached hydrogens (tertiary/aromatic N) is 1. The number of benzene rings is 1. The lowest BCUT2D eigenvalue weighted by atomic mass is 9.96. The summed E-state index contributed by atoms with van der Waals surface area (Å²) in [5, 5.41) is 3.06. The monoisotopic (exact) mass is 367 g/mol. The molecule has 1 fully saturated rings. The standard InChI is InChI=1S/C18H29N3O3S/c1-4-21(5-2)25(23,24)15-9-8-14(3)16(12-15)17(22)20-18(13-19)10-6-7-11-18/h8-9,12H,4-7,10-11,13,19H2,1-3H3,(H,20,22). The number of carbonyl (C=O) groups excluding carboxylic acids is 1. The molecular weight excluding hydrogens is 338 g/mol. The smallest absolute Gasteiger partial charge is 0.252 e. The Kier molecular flexibility index (Phi) is 6.24. The van der Waals surface area contributed by atoms with E-state index in [1.807, 2.05) is 6.92 Å². The quantitative estimate of drug-likeness (QED) is 0.771. The van der Waals surface area contributed by atoms with Crippen LogP contribution >= 0.6 is 0 Å². The van der Waals surface area contributed by atoms with Gasteiger partial charge in [-0.05, 0) is 37.5 Å². The number of hydrogen-bond acceptors (Lipinski definition) is 4. The summed E-state index contributed by atoms with van der Waals surface area (Å²) in [5.41, 5.74) is 6.67. The highest BCUT2D eigenvalue weighted by atomic mass is 32.2. The van der Waals surface area contributed by atoms with Crippen molar-refractivity contribution >= 4 is 15.9 Å². The van der Waals surface area contributed by atoms with Crippen LogP contribution in [0, 0.1) is 6.92 Å². The summed E-state index contributed by atoms with van der Waals surface area (Å²) in [7, 11) is -3.59. The van der Waals surface area contributed by atoms with Crippen molar-refractivity contribution < 1.29 is 13.2 Å². The fourth-order valence-electron chi connectivity index (χ4n) is 3.46. The molecule has 1 amide bonds. The zero-order valence-electron chi connectivity index (χ0n) is 15.3. The first kappa shape index (κ1) is 19.9. The van der Waals surface area contributed by atoms with Gasteiger partial charge >= 0.3 is 0 Å². The average Bonchev–Trinajstić information content (AvgIpc) is 3.04. The number of carbonyl (C=O) groups is 1. The lowest BCUT2D eigenvalue weighted by Crippen LogP contribution is -2.51. The fourth-order valence-corrected chi connectivity index (χ4v) is 4.94. The first-order valence-electron chi connectivity index (χ1n) is 8.93. The zero-order valence-corrected chi connectivity index (χ0v) is 16.2. The van der Waals surface area contributed by atoms with Gasteiger partial charge in [-0.1, -0.05) is 32.8 Å². The third kappa shape index (κ3) is 4.04. The van der Waals surface area contributed by atoms with Gasteiger partial charge in [0.2, 0.25) is 10.0 Å². The van der Waals surface area contributed by atoms with Crippen molar-refractivity contribution in [3.05, 3.63) is 29.3 Å². The van der Waals surface area contributed by atoms with E-state index in [2.05, 4.69) is 5.32 Å². The van der Waals surface area contributed by atoms with Crippen LogP contribution in [0.25, 0.3) is 0 Å². The highest BCUT2D eigenvalue weighted by Crippen LogP contribution is 2.29. The molecule has 0 bridgehead atoms. The van der Waals surface area contributed by atoms with Crippen molar-refractivity contribution in [2.45, 2.75) is 56.9 Å². The number of rotatable bonds is 7. The zero-order chi connectivity index (χ0) is 18.7. The molecule has 1 aliphatic carbocycles. The minimum Gasteiger partial charge on any atom is -0.345 e. The molecule has 25 heavy (non-hydrogen) atoms. The topological polar surface area (TPSA) is 92.5 Å². The van der Waals surface area contributed by atoms with Crippen molar-refractivity contribution in [1.82, 2.24) is 9.62 Å². The maximum absolute atomic E-state index is 12.8. The van der Waals surface area contributed by atoms with Crippen molar-refractivity contribution in [2.75, 3.05) is 19.6 Å². The number of amides is 1. The second-order valence-corrected chi connectivity index (χ2v) is 8.65. The summed E-state index contributed by atoms with van der Waals surface area (Å²) in [4.78, 5) is 13.0. The molecule has 0 unspecified atom stereocenters. The summed E-state index contributed by atoms with van der Waals surface area (Å²) in [6.07, 6.45) is 3.83. The Morgan fingerprint density at radius 2 is 1.84 bits per heavy atom. The van der Waals surface area contributed by atoms with Gasteiger partial charge in [0.05, 0.1) is 10.4 Å². The second kappa shape index (κ2) is 7.85. The van der Waals surface area contributed by atoms with E-state index in [0.29, 0.717) is 25.2 Å². The van der Waals surface area contributed by atoms with Gasteiger partial charge in [-0.3, -0.25) is 4.79 Å². The van der Waals surface area contributed by atoms with Gasteiger partial charge < -0.3 is 11.1 Å². The van der Waals surface area contributed by atoms with Gasteiger partial charge in [0.15, 0.2) is 0 Å². The molecular formula is C18H29N3O3S. The molecule has 0 heterocycles. The Bertz CT molecular complexity index is 721. The van der Waals surface area contributed by atoms with E-state index in [9.17, 15) is 13.2 Å². The Morgan fingerprint density at radius 1 is 1.24 bits per heavy atom. The van der Waals surface area contributed by atoms with E-state index < -0.39 is 10.0 Å². The first-order chi connectivity index (χ1) is 11.8. The van der Waals surface area contributed by atoms with Crippen LogP contribution in [0.15, 0.2) is 23.1 Å². The lowest BCUT2D eigenvalue weighted by molar-refractivity contribution is 0.0902. The largest absolute Gasteiger partial charge is 0.345 e. The summed E-state index contributed by atoms with van der Waals surface area (Å²) in [6.45, 7) is 6.60. The molecule has 2 rings (SSSR count). The molecule has 0 aromatic heterocycles. The van der Waals surface area contributed by atoms with E-state index >= 15 is 0 Å². The molecule has 7 heteroatoms. The minimum absolute atomic E-state index is 0.153. The predicted molar refractivity (Wildman–Crippen MR) is 99.0 cm³/mol. The number of hydrogen-bond donors (Lipinski definition) is 2. The number of aryl methyl sites for hydroxylation is 1. The molecule has 0 atom stereocenters. The van der Waals surface area contributed by atoms with Crippen molar-refractivity contribution in [3.8, 4) is 0 Å². The maximum Gasteiger partial charge on any atom is 0.252 e. The lowest BCUT2D eigenvalue weighted by Gasteiger charge is -2.29. The minimum atomic E-state index is -3.59. The number of nitrogens with two attached hydrogens (primary N) is 1. The highest BCUT2D eigenvalue weighted by molar-refractivity contribution is 7.89. The molecule has 1 saturated carbocycles. The van der Waals surface area contributed by atoms with Gasteiger partial charge in [-0.15, -0.1) is 0 Å². The van der Waals surface area contributed by atoms with Crippen LogP contribution in [-0.2, 0) is 10.0 Å². The van der Waals surface area contributed by atoms with Crippen molar-refractivity contribution in [2.24, 2.45) is 5.73 Å². The third-order valence-corrected chi connectivity index (χ3v) is 7.17. The van der Waals surface area contributed by atoms with E-state index in [4.69, 9.17) is 5.73 Å². The second-order valence-electron chi connectivity index (χ2n) is 6.71. The normalized spacial score (nSPS) is 17.0. The van der Waals surface area contributed by atoms with Crippen LogP contribution in [0.2, 0.25) is 0 Å². The molecule has 0 radical (unpaired) electrons. The summed E-state index contributed by atoms with van der Waals surface area (Å²) in [5.74, 6) is -0.249. The molecule has 140 valence electrons. The third-order valence-electron chi connectivity index (χ3n) is 5.13. The highest BCUT2D eigenvalue weighted by Gasteiger charge is 2.34. The van der Waals surface area contributed by atoms with Crippen LogP contribution in [0.5, 0.6) is 0 Å². The maximum atomic E-state index is 12.8. The molecule has 3 N–H and O–H groups in total. The van der Waals surface area contributed by atoms with Crippen LogP contribution in [0.3, 0.4) is 0 Å². The molecule has 1 aliphatic rings. The first-order valence-corrected chi connectivity index (χ1v) is 10.4. The molecule has 0 spiro atoms. The number of nitrogens with one attached hydrogen (secondary N) is 1. The van der Waals surface area contributed by atoms with Crippen LogP contribution < -0.4 is 11.1 Å². The van der Waals surface area contributed by atoms with E-state index in [1.54, 1.807) is 26.0 Å². The van der Waals surface area contributed by atoms with Crippen LogP contribution in [0.1, 0.15) is 55.5 Å². The van der Waals surface area contributed by atoms with Gasteiger partial charge in [0, 0.05) is 25.2 Å².